The summed E-state index contributed by atoms with van der Waals surface area (Å²) in [6, 6.07) is 4.48. The molecule has 110 valence electrons. The van der Waals surface area contributed by atoms with Gasteiger partial charge in [-0.25, -0.2) is 0 Å². The van der Waals surface area contributed by atoms with Gasteiger partial charge in [0.25, 0.3) is 11.6 Å². The van der Waals surface area contributed by atoms with Gasteiger partial charge in [0.05, 0.1) is 10.5 Å². The van der Waals surface area contributed by atoms with Crippen molar-refractivity contribution in [1.82, 2.24) is 4.90 Å². The minimum absolute atomic E-state index is 0. The summed E-state index contributed by atoms with van der Waals surface area (Å²) in [4.78, 5) is 24.3. The zero-order valence-corrected chi connectivity index (χ0v) is 13.6. The van der Waals surface area contributed by atoms with Crippen LogP contribution in [0.1, 0.15) is 23.2 Å². The molecule has 20 heavy (non-hydrogen) atoms. The molecule has 1 aromatic rings. The van der Waals surface area contributed by atoms with Crippen molar-refractivity contribution in [3.05, 3.63) is 37.4 Å². The lowest BCUT2D eigenvalue weighted by Gasteiger charge is -2.30. The third kappa shape index (κ3) is 3.80. The molecule has 2 rings (SSSR count). The molecule has 0 atom stereocenters. The molecule has 1 saturated heterocycles. The molecule has 6 nitrogen and oxygen atoms in total. The van der Waals surface area contributed by atoms with E-state index in [4.69, 9.17) is 5.73 Å². The predicted molar refractivity (Wildman–Crippen MR) is 86.2 cm³/mol. The molecule has 1 aliphatic heterocycles. The van der Waals surface area contributed by atoms with Crippen LogP contribution >= 0.6 is 35.0 Å². The molecule has 1 aliphatic rings. The van der Waals surface area contributed by atoms with Crippen molar-refractivity contribution >= 4 is 46.6 Å². The number of rotatable bonds is 2. The molecule has 1 amide bonds. The Morgan fingerprint density at radius 1 is 1.40 bits per heavy atom. The zero-order valence-electron chi connectivity index (χ0n) is 10.6. The summed E-state index contributed by atoms with van der Waals surface area (Å²) in [5.74, 6) is -0.0776. The highest BCUT2D eigenvalue weighted by Crippen LogP contribution is 2.22. The topological polar surface area (TPSA) is 89.5 Å². The van der Waals surface area contributed by atoms with Gasteiger partial charge in [-0.3, -0.25) is 14.9 Å². The molecule has 0 bridgehead atoms. The van der Waals surface area contributed by atoms with Crippen LogP contribution in [0.5, 0.6) is 0 Å². The molecule has 1 fully saturated rings. The summed E-state index contributed by atoms with van der Waals surface area (Å²) in [5.41, 5.74) is 6.32. The van der Waals surface area contributed by atoms with E-state index in [1.165, 1.54) is 18.2 Å². The van der Waals surface area contributed by atoms with Crippen molar-refractivity contribution in [3.8, 4) is 0 Å². The van der Waals surface area contributed by atoms with Crippen molar-refractivity contribution in [1.29, 1.82) is 0 Å². The summed E-state index contributed by atoms with van der Waals surface area (Å²) in [6.07, 6.45) is 1.60. The second kappa shape index (κ2) is 7.19. The number of halogens is 2. The van der Waals surface area contributed by atoms with E-state index in [-0.39, 0.29) is 30.0 Å². The highest BCUT2D eigenvalue weighted by molar-refractivity contribution is 14.1. The lowest BCUT2D eigenvalue weighted by Crippen LogP contribution is -2.43. The van der Waals surface area contributed by atoms with Gasteiger partial charge in [-0.1, -0.05) is 0 Å². The monoisotopic (exact) mass is 411 g/mol. The summed E-state index contributed by atoms with van der Waals surface area (Å²) in [5, 5.41) is 10.7. The van der Waals surface area contributed by atoms with Crippen molar-refractivity contribution in [3.63, 3.8) is 0 Å². The van der Waals surface area contributed by atoms with E-state index in [0.29, 0.717) is 22.2 Å². The van der Waals surface area contributed by atoms with Crippen LogP contribution in [0.25, 0.3) is 0 Å². The Hall–Kier alpha value is -0.930. The van der Waals surface area contributed by atoms with E-state index in [9.17, 15) is 14.9 Å². The standard InChI is InChI=1S/C12H14IN3O3.ClH/c13-11-7-9(16(18)19)1-2-10(11)12(17)15-5-3-8(14)4-6-15;/h1-2,7-8H,3-6,14H2;1H. The van der Waals surface area contributed by atoms with Gasteiger partial charge in [0.15, 0.2) is 0 Å². The van der Waals surface area contributed by atoms with E-state index in [1.807, 2.05) is 22.6 Å². The molecule has 0 aromatic heterocycles. The van der Waals surface area contributed by atoms with Crippen LogP contribution in [0.4, 0.5) is 5.69 Å². The van der Waals surface area contributed by atoms with Crippen molar-refractivity contribution in [2.45, 2.75) is 18.9 Å². The first kappa shape index (κ1) is 17.1. The van der Waals surface area contributed by atoms with Crippen LogP contribution in [0.2, 0.25) is 0 Å². The average Bonchev–Trinajstić information content (AvgIpc) is 2.38. The van der Waals surface area contributed by atoms with Gasteiger partial charge in [-0.2, -0.15) is 0 Å². The molecule has 8 heteroatoms. The Labute approximate surface area is 136 Å². The Morgan fingerprint density at radius 2 is 2.00 bits per heavy atom. The number of carbonyl (C=O) groups excluding carboxylic acids is 1. The molecule has 2 N–H and O–H groups in total. The maximum atomic E-state index is 12.3. The fourth-order valence-corrected chi connectivity index (χ4v) is 2.79. The predicted octanol–water partition coefficient (Wildman–Crippen LogP) is 2.18. The number of nitrogens with zero attached hydrogens (tertiary/aromatic N) is 2. The Kier molecular flexibility index (Phi) is 6.15. The molecular formula is C12H15ClIN3O3. The van der Waals surface area contributed by atoms with E-state index in [0.717, 1.165) is 12.8 Å². The van der Waals surface area contributed by atoms with E-state index < -0.39 is 4.92 Å². The highest BCUT2D eigenvalue weighted by Gasteiger charge is 2.23. The minimum atomic E-state index is -0.462. The minimum Gasteiger partial charge on any atom is -0.338 e. The molecule has 0 aliphatic carbocycles. The second-order valence-electron chi connectivity index (χ2n) is 4.55. The van der Waals surface area contributed by atoms with Crippen molar-refractivity contribution in [2.75, 3.05) is 13.1 Å². The normalized spacial score (nSPS) is 15.6. The first-order valence-electron chi connectivity index (χ1n) is 5.98. The van der Waals surface area contributed by atoms with E-state index in [1.54, 1.807) is 4.90 Å². The summed E-state index contributed by atoms with van der Waals surface area (Å²) in [6.45, 7) is 1.29. The van der Waals surface area contributed by atoms with Crippen LogP contribution in [-0.4, -0.2) is 34.9 Å². The largest absolute Gasteiger partial charge is 0.338 e. The Bertz CT molecular complexity index is 519. The number of nitro benzene ring substituents is 1. The van der Waals surface area contributed by atoms with Gasteiger partial charge in [-0.15, -0.1) is 12.4 Å². The molecular weight excluding hydrogens is 397 g/mol. The number of nitrogens with two attached hydrogens (primary N) is 1. The van der Waals surface area contributed by atoms with Crippen molar-refractivity contribution < 1.29 is 9.72 Å². The Balaban J connectivity index is 0.00000200. The molecule has 0 radical (unpaired) electrons. The lowest BCUT2D eigenvalue weighted by atomic mass is 10.0. The first-order valence-corrected chi connectivity index (χ1v) is 7.05. The highest BCUT2D eigenvalue weighted by atomic mass is 127. The van der Waals surface area contributed by atoms with Crippen molar-refractivity contribution in [2.24, 2.45) is 5.73 Å². The SMILES string of the molecule is Cl.NC1CCN(C(=O)c2ccc([N+](=O)[O-])cc2I)CC1. The van der Waals surface area contributed by atoms with Crippen LogP contribution in [-0.2, 0) is 0 Å². The third-order valence-electron chi connectivity index (χ3n) is 3.22. The first-order chi connectivity index (χ1) is 8.99. The quantitative estimate of drug-likeness (QED) is 0.459. The molecule has 0 spiro atoms. The number of carbonyl (C=O) groups is 1. The van der Waals surface area contributed by atoms with Gasteiger partial charge in [0.2, 0.25) is 0 Å². The molecule has 0 unspecified atom stereocenters. The zero-order chi connectivity index (χ0) is 14.0. The summed E-state index contributed by atoms with van der Waals surface area (Å²) >= 11 is 1.96. The number of likely N-dealkylation sites (tertiary alicyclic amines) is 1. The number of nitro groups is 1. The Morgan fingerprint density at radius 3 is 2.50 bits per heavy atom. The van der Waals surface area contributed by atoms with Gasteiger partial charge in [0, 0.05) is 34.8 Å². The molecule has 1 aromatic carbocycles. The maximum Gasteiger partial charge on any atom is 0.270 e. The third-order valence-corrected chi connectivity index (χ3v) is 4.11. The van der Waals surface area contributed by atoms with Crippen LogP contribution < -0.4 is 5.73 Å². The van der Waals surface area contributed by atoms with Gasteiger partial charge in [0.1, 0.15) is 0 Å². The van der Waals surface area contributed by atoms with Gasteiger partial charge >= 0.3 is 0 Å². The summed E-state index contributed by atoms with van der Waals surface area (Å²) < 4.78 is 0.603. The number of amides is 1. The smallest absolute Gasteiger partial charge is 0.270 e. The maximum absolute atomic E-state index is 12.3. The van der Waals surface area contributed by atoms with E-state index >= 15 is 0 Å². The van der Waals surface area contributed by atoms with E-state index in [2.05, 4.69) is 0 Å². The average molecular weight is 412 g/mol. The fraction of sp³-hybridized carbons (Fsp3) is 0.417. The van der Waals surface area contributed by atoms with Gasteiger partial charge < -0.3 is 10.6 Å². The summed E-state index contributed by atoms with van der Waals surface area (Å²) in [7, 11) is 0. The van der Waals surface area contributed by atoms with Crippen LogP contribution in [0.15, 0.2) is 18.2 Å². The molecule has 1 heterocycles. The number of hydrogen-bond acceptors (Lipinski definition) is 4. The number of hydrogen-bond donors (Lipinski definition) is 1. The molecule has 0 saturated carbocycles. The fourth-order valence-electron chi connectivity index (χ4n) is 2.06. The second-order valence-corrected chi connectivity index (χ2v) is 5.71. The number of piperidine rings is 1. The van der Waals surface area contributed by atoms with Gasteiger partial charge in [-0.05, 0) is 41.5 Å². The van der Waals surface area contributed by atoms with Crippen LogP contribution in [0.3, 0.4) is 0 Å². The number of benzene rings is 1. The lowest BCUT2D eigenvalue weighted by molar-refractivity contribution is -0.384. The van der Waals surface area contributed by atoms with Crippen LogP contribution in [0, 0.1) is 13.7 Å². The number of non-ortho nitro benzene ring substituents is 1.